The number of carbonyl (C=O) groups is 2. The first-order valence-electron chi connectivity index (χ1n) is 9.00. The number of carbonyl (C=O) groups excluding carboxylic acids is 2. The van der Waals surface area contributed by atoms with Crippen molar-refractivity contribution in [3.05, 3.63) is 0 Å². The third kappa shape index (κ3) is 6.63. The quantitative estimate of drug-likeness (QED) is 0.160. The second-order valence-electron chi connectivity index (χ2n) is 6.49. The second kappa shape index (κ2) is 11.5. The Kier molecular flexibility index (Phi) is 11.0. The van der Waals surface area contributed by atoms with Gasteiger partial charge in [0.1, 0.15) is 5.54 Å². The Bertz CT molecular complexity index is 468. The van der Waals surface area contributed by atoms with E-state index in [1.807, 2.05) is 6.92 Å². The highest BCUT2D eigenvalue weighted by Crippen LogP contribution is 2.20. The summed E-state index contributed by atoms with van der Waals surface area (Å²) in [6, 6.07) is -0.291. The zero-order valence-electron chi connectivity index (χ0n) is 16.1. The maximum absolute atomic E-state index is 12.3. The van der Waals surface area contributed by atoms with Gasteiger partial charge in [-0.3, -0.25) is 14.7 Å². The van der Waals surface area contributed by atoms with Crippen molar-refractivity contribution in [3.63, 3.8) is 0 Å². The summed E-state index contributed by atoms with van der Waals surface area (Å²) in [6.07, 6.45) is 3.56. The molecule has 0 aliphatic carbocycles. The minimum absolute atomic E-state index is 0. The Morgan fingerprint density at radius 3 is 2.36 bits per heavy atom. The summed E-state index contributed by atoms with van der Waals surface area (Å²) >= 11 is 0. The molecule has 1 aliphatic rings. The van der Waals surface area contributed by atoms with Crippen molar-refractivity contribution in [1.82, 2.24) is 20.9 Å². The topological polar surface area (TPSA) is 85.8 Å². The van der Waals surface area contributed by atoms with Crippen LogP contribution < -0.4 is 16.0 Å². The fourth-order valence-electron chi connectivity index (χ4n) is 2.67. The van der Waals surface area contributed by atoms with Gasteiger partial charge in [0.05, 0.1) is 0 Å². The SMILES string of the molecule is CCC(CC)CNC(=NC)NCCCN1C(=O)NC(C)(CC)C1=O.I. The predicted molar refractivity (Wildman–Crippen MR) is 112 cm³/mol. The van der Waals surface area contributed by atoms with Gasteiger partial charge in [-0.05, 0) is 25.7 Å². The minimum atomic E-state index is -0.753. The molecule has 8 heteroatoms. The molecule has 1 atom stereocenters. The van der Waals surface area contributed by atoms with Gasteiger partial charge in [0.25, 0.3) is 5.91 Å². The average molecular weight is 467 g/mol. The van der Waals surface area contributed by atoms with E-state index in [0.29, 0.717) is 31.8 Å². The molecular formula is C17H34IN5O2. The van der Waals surface area contributed by atoms with Gasteiger partial charge in [-0.2, -0.15) is 0 Å². The third-order valence-electron chi connectivity index (χ3n) is 4.84. The summed E-state index contributed by atoms with van der Waals surface area (Å²) in [7, 11) is 1.74. The molecule has 1 heterocycles. The van der Waals surface area contributed by atoms with E-state index in [-0.39, 0.29) is 35.9 Å². The van der Waals surface area contributed by atoms with Gasteiger partial charge in [-0.1, -0.05) is 33.6 Å². The summed E-state index contributed by atoms with van der Waals surface area (Å²) in [5.74, 6) is 1.27. The first kappa shape index (κ1) is 23.9. The molecule has 0 aromatic heterocycles. The number of aliphatic imine (C=N–C) groups is 1. The summed E-state index contributed by atoms with van der Waals surface area (Å²) in [5, 5.41) is 9.32. The molecule has 0 bridgehead atoms. The number of rotatable bonds is 9. The van der Waals surface area contributed by atoms with Crippen LogP contribution in [0.3, 0.4) is 0 Å². The van der Waals surface area contributed by atoms with Crippen molar-refractivity contribution in [3.8, 4) is 0 Å². The molecule has 25 heavy (non-hydrogen) atoms. The Balaban J connectivity index is 0.00000576. The highest BCUT2D eigenvalue weighted by Gasteiger charge is 2.45. The molecule has 1 rings (SSSR count). The summed E-state index contributed by atoms with van der Waals surface area (Å²) in [4.78, 5) is 29.7. The Labute approximate surface area is 168 Å². The number of urea groups is 1. The third-order valence-corrected chi connectivity index (χ3v) is 4.84. The highest BCUT2D eigenvalue weighted by molar-refractivity contribution is 14.0. The lowest BCUT2D eigenvalue weighted by atomic mass is 9.99. The average Bonchev–Trinajstić information content (AvgIpc) is 2.80. The monoisotopic (exact) mass is 467 g/mol. The molecule has 1 unspecified atom stereocenters. The van der Waals surface area contributed by atoms with E-state index in [2.05, 4.69) is 34.8 Å². The predicted octanol–water partition coefficient (Wildman–Crippen LogP) is 2.32. The summed E-state index contributed by atoms with van der Waals surface area (Å²) in [6.45, 7) is 10.0. The van der Waals surface area contributed by atoms with Crippen molar-refractivity contribution in [2.75, 3.05) is 26.7 Å². The lowest BCUT2D eigenvalue weighted by molar-refractivity contribution is -0.130. The van der Waals surface area contributed by atoms with Gasteiger partial charge < -0.3 is 16.0 Å². The molecule has 7 nitrogen and oxygen atoms in total. The van der Waals surface area contributed by atoms with Crippen LogP contribution in [0, 0.1) is 5.92 Å². The number of halogens is 1. The molecule has 1 aliphatic heterocycles. The Morgan fingerprint density at radius 1 is 1.24 bits per heavy atom. The van der Waals surface area contributed by atoms with Crippen LogP contribution >= 0.6 is 24.0 Å². The zero-order valence-corrected chi connectivity index (χ0v) is 18.5. The van der Waals surface area contributed by atoms with Crippen LogP contribution in [0.4, 0.5) is 4.79 Å². The number of imide groups is 1. The van der Waals surface area contributed by atoms with Gasteiger partial charge in [-0.25, -0.2) is 4.79 Å². The molecule has 3 amide bonds. The van der Waals surface area contributed by atoms with E-state index in [1.165, 1.54) is 4.90 Å². The maximum atomic E-state index is 12.3. The lowest BCUT2D eigenvalue weighted by Crippen LogP contribution is -2.43. The molecule has 0 saturated carbocycles. The van der Waals surface area contributed by atoms with Crippen molar-refractivity contribution >= 4 is 41.9 Å². The number of nitrogens with zero attached hydrogens (tertiary/aromatic N) is 2. The zero-order chi connectivity index (χ0) is 18.2. The first-order valence-corrected chi connectivity index (χ1v) is 9.00. The van der Waals surface area contributed by atoms with Crippen LogP contribution in [-0.2, 0) is 4.79 Å². The van der Waals surface area contributed by atoms with E-state index < -0.39 is 5.54 Å². The molecule has 0 radical (unpaired) electrons. The fraction of sp³-hybridized carbons (Fsp3) is 0.824. The van der Waals surface area contributed by atoms with Crippen molar-refractivity contribution in [2.45, 2.75) is 58.9 Å². The largest absolute Gasteiger partial charge is 0.356 e. The van der Waals surface area contributed by atoms with E-state index in [4.69, 9.17) is 0 Å². The van der Waals surface area contributed by atoms with E-state index in [9.17, 15) is 9.59 Å². The second-order valence-corrected chi connectivity index (χ2v) is 6.49. The van der Waals surface area contributed by atoms with Crippen molar-refractivity contribution in [1.29, 1.82) is 0 Å². The molecule has 0 aromatic carbocycles. The first-order chi connectivity index (χ1) is 11.4. The Hall–Kier alpha value is -1.06. The van der Waals surface area contributed by atoms with Crippen LogP contribution in [0.2, 0.25) is 0 Å². The van der Waals surface area contributed by atoms with Gasteiger partial charge in [0.15, 0.2) is 5.96 Å². The molecule has 146 valence electrons. The molecular weight excluding hydrogens is 433 g/mol. The molecule has 1 fully saturated rings. The van der Waals surface area contributed by atoms with Crippen LogP contribution in [0.1, 0.15) is 53.4 Å². The maximum Gasteiger partial charge on any atom is 0.325 e. The Morgan fingerprint density at radius 2 is 1.88 bits per heavy atom. The number of nitrogens with one attached hydrogen (secondary N) is 3. The number of amides is 3. The lowest BCUT2D eigenvalue weighted by Gasteiger charge is -2.19. The summed E-state index contributed by atoms with van der Waals surface area (Å²) in [5.41, 5.74) is -0.753. The van der Waals surface area contributed by atoms with Crippen molar-refractivity contribution in [2.24, 2.45) is 10.9 Å². The van der Waals surface area contributed by atoms with Crippen LogP contribution in [0.5, 0.6) is 0 Å². The molecule has 0 spiro atoms. The molecule has 0 aromatic rings. The minimum Gasteiger partial charge on any atom is -0.356 e. The van der Waals surface area contributed by atoms with Crippen molar-refractivity contribution < 1.29 is 9.59 Å². The molecule has 1 saturated heterocycles. The van der Waals surface area contributed by atoms with E-state index >= 15 is 0 Å². The van der Waals surface area contributed by atoms with Crippen LogP contribution in [0.15, 0.2) is 4.99 Å². The van der Waals surface area contributed by atoms with E-state index in [0.717, 1.165) is 25.3 Å². The standard InChI is InChI=1S/C17H33N5O2.HI/c1-6-13(7-2)12-20-15(18-5)19-10-9-11-22-14(23)17(4,8-3)21-16(22)24;/h13H,6-12H2,1-5H3,(H,21,24)(H2,18,19,20);1H. The summed E-state index contributed by atoms with van der Waals surface area (Å²) < 4.78 is 0. The van der Waals surface area contributed by atoms with Gasteiger partial charge in [-0.15, -0.1) is 24.0 Å². The van der Waals surface area contributed by atoms with Gasteiger partial charge >= 0.3 is 6.03 Å². The number of hydrogen-bond donors (Lipinski definition) is 3. The van der Waals surface area contributed by atoms with Crippen LogP contribution in [0.25, 0.3) is 0 Å². The smallest absolute Gasteiger partial charge is 0.325 e. The normalized spacial score (nSPS) is 20.6. The number of guanidine groups is 1. The van der Waals surface area contributed by atoms with E-state index in [1.54, 1.807) is 14.0 Å². The number of hydrogen-bond acceptors (Lipinski definition) is 3. The molecule has 3 N–H and O–H groups in total. The van der Waals surface area contributed by atoms with Crippen LogP contribution in [-0.4, -0.2) is 55.0 Å². The van der Waals surface area contributed by atoms with Gasteiger partial charge in [0.2, 0.25) is 0 Å². The van der Waals surface area contributed by atoms with Gasteiger partial charge in [0, 0.05) is 26.7 Å². The fourth-order valence-corrected chi connectivity index (χ4v) is 2.67. The highest BCUT2D eigenvalue weighted by atomic mass is 127.